The van der Waals surface area contributed by atoms with Crippen molar-refractivity contribution >= 4 is 16.6 Å². The van der Waals surface area contributed by atoms with Gasteiger partial charge in [0, 0.05) is 5.92 Å². The zero-order valence-corrected chi connectivity index (χ0v) is 25.5. The highest BCUT2D eigenvalue weighted by molar-refractivity contribution is 6.70. The van der Waals surface area contributed by atoms with Crippen molar-refractivity contribution in [3.05, 3.63) is 35.1 Å². The molecule has 2 unspecified atom stereocenters. The zero-order valence-electron chi connectivity index (χ0n) is 23.5. The standard InChI is InChI=1S/C27H52O4Si2/c1-22(2)14-16-25(28-5)23(3)13-12-19-27(4)26(31-33(9,10)11)17-15-24(21-29-27)18-20-30-32(6,7)8/h14,16,18,23,26H,12-13,15,17,19-21H2,1-11H3/t23?,26-,27?/m1/s1. The molecule has 0 aliphatic carbocycles. The van der Waals surface area contributed by atoms with Gasteiger partial charge < -0.3 is 18.3 Å². The van der Waals surface area contributed by atoms with E-state index in [2.05, 4.69) is 85.2 Å². The van der Waals surface area contributed by atoms with Crippen LogP contribution in [0.3, 0.4) is 0 Å². The molecule has 1 saturated heterocycles. The van der Waals surface area contributed by atoms with Gasteiger partial charge in [0.15, 0.2) is 16.6 Å². The summed E-state index contributed by atoms with van der Waals surface area (Å²) in [7, 11) is -1.42. The number of ether oxygens (including phenoxy) is 2. The van der Waals surface area contributed by atoms with Crippen LogP contribution in [0.4, 0.5) is 0 Å². The highest BCUT2D eigenvalue weighted by Crippen LogP contribution is 2.35. The first kappa shape index (κ1) is 30.4. The molecule has 4 nitrogen and oxygen atoms in total. The molecule has 0 N–H and O–H groups in total. The summed E-state index contributed by atoms with van der Waals surface area (Å²) >= 11 is 0. The lowest BCUT2D eigenvalue weighted by molar-refractivity contribution is -0.0975. The maximum absolute atomic E-state index is 6.69. The molecular weight excluding hydrogens is 444 g/mol. The van der Waals surface area contributed by atoms with E-state index in [1.54, 1.807) is 7.11 Å². The van der Waals surface area contributed by atoms with Gasteiger partial charge in [-0.15, -0.1) is 0 Å². The summed E-state index contributed by atoms with van der Waals surface area (Å²) in [6.45, 7) is 23.6. The van der Waals surface area contributed by atoms with Crippen LogP contribution in [-0.2, 0) is 18.3 Å². The van der Waals surface area contributed by atoms with Crippen LogP contribution in [-0.4, -0.2) is 48.7 Å². The minimum Gasteiger partial charge on any atom is -0.501 e. The number of rotatable bonds is 12. The second-order valence-electron chi connectivity index (χ2n) is 12.0. The van der Waals surface area contributed by atoms with Crippen LogP contribution in [0, 0.1) is 5.92 Å². The van der Waals surface area contributed by atoms with Crippen molar-refractivity contribution in [2.24, 2.45) is 5.92 Å². The molecule has 0 aromatic heterocycles. The fraction of sp³-hybridized carbons (Fsp3) is 0.778. The van der Waals surface area contributed by atoms with Crippen molar-refractivity contribution in [3.8, 4) is 0 Å². The highest BCUT2D eigenvalue weighted by Gasteiger charge is 2.40. The number of hydrogen-bond donors (Lipinski definition) is 0. The zero-order chi connectivity index (χ0) is 25.3. The lowest BCUT2D eigenvalue weighted by Crippen LogP contribution is -2.47. The normalized spacial score (nSPS) is 25.0. The molecule has 6 heteroatoms. The molecule has 0 aromatic carbocycles. The highest BCUT2D eigenvalue weighted by atomic mass is 28.4. The summed E-state index contributed by atoms with van der Waals surface area (Å²) in [4.78, 5) is 0. The van der Waals surface area contributed by atoms with Crippen LogP contribution < -0.4 is 0 Å². The van der Waals surface area contributed by atoms with Gasteiger partial charge in [-0.1, -0.05) is 24.6 Å². The van der Waals surface area contributed by atoms with E-state index < -0.39 is 16.6 Å². The van der Waals surface area contributed by atoms with Gasteiger partial charge in [0.25, 0.3) is 0 Å². The van der Waals surface area contributed by atoms with Crippen molar-refractivity contribution in [1.82, 2.24) is 0 Å². The third-order valence-corrected chi connectivity index (χ3v) is 8.02. The molecule has 1 rings (SSSR count). The van der Waals surface area contributed by atoms with Crippen LogP contribution in [0.5, 0.6) is 0 Å². The quantitative estimate of drug-likeness (QED) is 0.119. The first-order valence-corrected chi connectivity index (χ1v) is 19.5. The molecule has 0 amide bonds. The van der Waals surface area contributed by atoms with E-state index in [-0.39, 0.29) is 11.7 Å². The molecule has 1 fully saturated rings. The second-order valence-corrected chi connectivity index (χ2v) is 20.9. The summed E-state index contributed by atoms with van der Waals surface area (Å²) in [5.74, 6) is 1.43. The maximum atomic E-state index is 6.69. The van der Waals surface area contributed by atoms with Crippen LogP contribution in [0.25, 0.3) is 0 Å². The Morgan fingerprint density at radius 2 is 1.79 bits per heavy atom. The monoisotopic (exact) mass is 496 g/mol. The van der Waals surface area contributed by atoms with E-state index in [1.807, 2.05) is 0 Å². The lowest BCUT2D eigenvalue weighted by Gasteiger charge is -2.39. The van der Waals surface area contributed by atoms with Crippen molar-refractivity contribution in [3.63, 3.8) is 0 Å². The van der Waals surface area contributed by atoms with Gasteiger partial charge in [-0.25, -0.2) is 0 Å². The van der Waals surface area contributed by atoms with Crippen molar-refractivity contribution < 1.29 is 18.3 Å². The Morgan fingerprint density at radius 3 is 2.33 bits per heavy atom. The van der Waals surface area contributed by atoms with Gasteiger partial charge in [0.2, 0.25) is 0 Å². The Balaban J connectivity index is 2.86. The Kier molecular flexibility index (Phi) is 12.4. The second kappa shape index (κ2) is 13.4. The Hall–Kier alpha value is -0.666. The third-order valence-electron chi connectivity index (χ3n) is 5.99. The Bertz CT molecular complexity index is 681. The van der Waals surface area contributed by atoms with E-state index in [9.17, 15) is 0 Å². The third kappa shape index (κ3) is 12.6. The van der Waals surface area contributed by atoms with Crippen molar-refractivity contribution in [2.45, 2.75) is 111 Å². The predicted molar refractivity (Wildman–Crippen MR) is 147 cm³/mol. The lowest BCUT2D eigenvalue weighted by atomic mass is 9.88. The summed E-state index contributed by atoms with van der Waals surface area (Å²) < 4.78 is 25.0. The van der Waals surface area contributed by atoms with Gasteiger partial charge in [0.1, 0.15) is 0 Å². The molecule has 3 atom stereocenters. The average molecular weight is 497 g/mol. The maximum Gasteiger partial charge on any atom is 0.184 e. The molecule has 0 saturated carbocycles. The Morgan fingerprint density at radius 1 is 1.12 bits per heavy atom. The summed E-state index contributed by atoms with van der Waals surface area (Å²) in [5.41, 5.74) is 2.36. The summed E-state index contributed by atoms with van der Waals surface area (Å²) in [6, 6.07) is 0. The van der Waals surface area contributed by atoms with Gasteiger partial charge in [-0.2, -0.15) is 0 Å². The SMILES string of the molecule is COC(=CC=C(C)C)C(C)CCCC1(C)OCC(=CCO[Si](C)(C)C)CC[C@H]1O[Si](C)(C)C. The van der Waals surface area contributed by atoms with E-state index in [0.29, 0.717) is 19.1 Å². The molecule has 33 heavy (non-hydrogen) atoms. The van der Waals surface area contributed by atoms with E-state index in [1.165, 1.54) is 11.1 Å². The molecule has 1 aliphatic rings. The van der Waals surface area contributed by atoms with E-state index in [4.69, 9.17) is 18.3 Å². The smallest absolute Gasteiger partial charge is 0.184 e. The van der Waals surface area contributed by atoms with Gasteiger partial charge in [0.05, 0.1) is 37.8 Å². The van der Waals surface area contributed by atoms with E-state index >= 15 is 0 Å². The minimum atomic E-state index is -1.69. The molecular formula is C27H52O4Si2. The predicted octanol–water partition coefficient (Wildman–Crippen LogP) is 7.86. The largest absolute Gasteiger partial charge is 0.501 e. The molecule has 192 valence electrons. The molecule has 0 bridgehead atoms. The molecule has 1 heterocycles. The van der Waals surface area contributed by atoms with Crippen molar-refractivity contribution in [2.75, 3.05) is 20.3 Å². The van der Waals surface area contributed by atoms with Gasteiger partial charge >= 0.3 is 0 Å². The molecule has 1 aliphatic heterocycles. The first-order chi connectivity index (χ1) is 15.1. The number of allylic oxidation sites excluding steroid dienone is 4. The van der Waals surface area contributed by atoms with Gasteiger partial charge in [-0.05, 0) is 104 Å². The van der Waals surface area contributed by atoms with Crippen LogP contribution in [0.15, 0.2) is 35.1 Å². The molecule has 0 radical (unpaired) electrons. The minimum absolute atomic E-state index is 0.131. The van der Waals surface area contributed by atoms with E-state index in [0.717, 1.165) is 37.9 Å². The fourth-order valence-electron chi connectivity index (χ4n) is 4.04. The number of hydrogen-bond acceptors (Lipinski definition) is 4. The first-order valence-electron chi connectivity index (χ1n) is 12.7. The van der Waals surface area contributed by atoms with Crippen LogP contribution in [0.2, 0.25) is 39.3 Å². The topological polar surface area (TPSA) is 36.9 Å². The Labute approximate surface area is 207 Å². The van der Waals surface area contributed by atoms with Crippen LogP contribution >= 0.6 is 0 Å². The summed E-state index contributed by atoms with van der Waals surface area (Å²) in [5, 5.41) is 0. The van der Waals surface area contributed by atoms with Gasteiger partial charge in [-0.3, -0.25) is 0 Å². The number of methoxy groups -OCH3 is 1. The van der Waals surface area contributed by atoms with Crippen molar-refractivity contribution in [1.29, 1.82) is 0 Å². The fourth-order valence-corrected chi connectivity index (χ4v) is 5.85. The molecule has 0 aromatic rings. The molecule has 0 spiro atoms. The summed E-state index contributed by atoms with van der Waals surface area (Å²) in [6.07, 6.45) is 11.8. The average Bonchev–Trinajstić information content (AvgIpc) is 2.80. The van der Waals surface area contributed by atoms with Crippen LogP contribution in [0.1, 0.15) is 59.8 Å².